The zero-order valence-corrected chi connectivity index (χ0v) is 15.3. The number of hydrogen-bond acceptors (Lipinski definition) is 4. The molecule has 0 saturated heterocycles. The number of nitrogens with two attached hydrogens (primary N) is 1. The molecular weight excluding hydrogens is 416 g/mol. The van der Waals surface area contributed by atoms with E-state index in [-0.39, 0.29) is 15.7 Å². The van der Waals surface area contributed by atoms with Crippen molar-refractivity contribution in [2.24, 2.45) is 5.73 Å². The zero-order chi connectivity index (χ0) is 15.6. The first kappa shape index (κ1) is 16.9. The van der Waals surface area contributed by atoms with Crippen molar-refractivity contribution in [3.05, 3.63) is 50.3 Å². The van der Waals surface area contributed by atoms with Crippen molar-refractivity contribution >= 4 is 66.1 Å². The summed E-state index contributed by atoms with van der Waals surface area (Å²) in [6.07, 6.45) is 0. The van der Waals surface area contributed by atoms with Gasteiger partial charge in [0.1, 0.15) is 9.20 Å². The molecule has 1 heterocycles. The quantitative estimate of drug-likeness (QED) is 0.721. The maximum absolute atomic E-state index is 12.2. The van der Waals surface area contributed by atoms with Crippen LogP contribution in [0.2, 0.25) is 5.02 Å². The molecule has 0 radical (unpaired) electrons. The first-order chi connectivity index (χ1) is 9.79. The normalized spacial score (nSPS) is 11.5. The van der Waals surface area contributed by atoms with Crippen LogP contribution in [0.4, 0.5) is 0 Å². The monoisotopic (exact) mass is 424 g/mol. The highest BCUT2D eigenvalue weighted by molar-refractivity contribution is 9.11. The molecule has 112 valence electrons. The number of halogens is 2. The van der Waals surface area contributed by atoms with Gasteiger partial charge in [-0.05, 0) is 33.6 Å². The summed E-state index contributed by atoms with van der Waals surface area (Å²) in [7, 11) is -3.60. The van der Waals surface area contributed by atoms with Crippen LogP contribution in [0.25, 0.3) is 0 Å². The fourth-order valence-corrected chi connectivity index (χ4v) is 5.13. The molecule has 0 unspecified atom stereocenters. The second kappa shape index (κ2) is 6.72. The minimum Gasteiger partial charge on any atom is -0.389 e. The molecule has 0 fully saturated rings. The van der Waals surface area contributed by atoms with E-state index in [0.717, 1.165) is 16.9 Å². The molecule has 0 bridgehead atoms. The molecule has 3 N–H and O–H groups in total. The Morgan fingerprint density at radius 2 is 2.14 bits per heavy atom. The van der Waals surface area contributed by atoms with Gasteiger partial charge in [-0.25, -0.2) is 13.1 Å². The summed E-state index contributed by atoms with van der Waals surface area (Å²) in [6.45, 7) is 0.145. The van der Waals surface area contributed by atoms with Crippen molar-refractivity contribution in [2.75, 3.05) is 0 Å². The number of sulfonamides is 1. The summed E-state index contributed by atoms with van der Waals surface area (Å²) in [5.41, 5.74) is 7.02. The van der Waals surface area contributed by atoms with Crippen LogP contribution in [0.1, 0.15) is 11.1 Å². The lowest BCUT2D eigenvalue weighted by Crippen LogP contribution is -2.22. The highest BCUT2D eigenvalue weighted by atomic mass is 79.9. The van der Waals surface area contributed by atoms with Crippen LogP contribution in [0.15, 0.2) is 38.3 Å². The third-order valence-electron chi connectivity index (χ3n) is 2.57. The van der Waals surface area contributed by atoms with Crippen molar-refractivity contribution in [2.45, 2.75) is 10.8 Å². The summed E-state index contributed by atoms with van der Waals surface area (Å²) in [6, 6.07) is 8.50. The third kappa shape index (κ3) is 4.24. The second-order valence-corrected chi connectivity index (χ2v) is 9.29. The van der Waals surface area contributed by atoms with E-state index in [0.29, 0.717) is 14.4 Å². The van der Waals surface area contributed by atoms with Crippen molar-refractivity contribution in [1.29, 1.82) is 0 Å². The van der Waals surface area contributed by atoms with Gasteiger partial charge in [0.15, 0.2) is 0 Å². The summed E-state index contributed by atoms with van der Waals surface area (Å²) in [4.78, 5) is 0.272. The van der Waals surface area contributed by atoms with Gasteiger partial charge in [-0.1, -0.05) is 42.0 Å². The van der Waals surface area contributed by atoms with Gasteiger partial charge < -0.3 is 5.73 Å². The highest BCUT2D eigenvalue weighted by Crippen LogP contribution is 2.34. The van der Waals surface area contributed by atoms with Gasteiger partial charge in [0, 0.05) is 12.1 Å². The van der Waals surface area contributed by atoms with Gasteiger partial charge in [-0.15, -0.1) is 11.3 Å². The molecule has 0 aliphatic rings. The predicted molar refractivity (Wildman–Crippen MR) is 93.4 cm³/mol. The number of thiocarbonyl (C=S) groups is 1. The van der Waals surface area contributed by atoms with E-state index in [1.165, 1.54) is 6.07 Å². The van der Waals surface area contributed by atoms with E-state index in [4.69, 9.17) is 29.6 Å². The molecule has 21 heavy (non-hydrogen) atoms. The van der Waals surface area contributed by atoms with Crippen LogP contribution in [0, 0.1) is 0 Å². The molecule has 0 aliphatic carbocycles. The van der Waals surface area contributed by atoms with Gasteiger partial charge in [-0.2, -0.15) is 0 Å². The summed E-state index contributed by atoms with van der Waals surface area (Å²) >= 11 is 15.0. The summed E-state index contributed by atoms with van der Waals surface area (Å²) < 4.78 is 27.6. The molecular formula is C12H10BrClN2O2S3. The SMILES string of the molecule is NC(=S)c1cccc(CNS(=O)(=O)c2cc(Cl)c(Br)s2)c1. The fourth-order valence-electron chi connectivity index (χ4n) is 1.54. The maximum atomic E-state index is 12.2. The van der Waals surface area contributed by atoms with E-state index in [9.17, 15) is 8.42 Å². The van der Waals surface area contributed by atoms with E-state index < -0.39 is 10.0 Å². The van der Waals surface area contributed by atoms with Crippen LogP contribution in [0.3, 0.4) is 0 Å². The first-order valence-electron chi connectivity index (χ1n) is 5.63. The molecule has 9 heteroatoms. The molecule has 0 aliphatic heterocycles. The maximum Gasteiger partial charge on any atom is 0.250 e. The molecule has 0 atom stereocenters. The highest BCUT2D eigenvalue weighted by Gasteiger charge is 2.18. The first-order valence-corrected chi connectivity index (χ1v) is 9.51. The van der Waals surface area contributed by atoms with E-state index in [2.05, 4.69) is 20.7 Å². The van der Waals surface area contributed by atoms with E-state index >= 15 is 0 Å². The fraction of sp³-hybridized carbons (Fsp3) is 0.0833. The topological polar surface area (TPSA) is 72.2 Å². The number of hydrogen-bond donors (Lipinski definition) is 2. The largest absolute Gasteiger partial charge is 0.389 e. The Kier molecular flexibility index (Phi) is 5.39. The molecule has 2 rings (SSSR count). The lowest BCUT2D eigenvalue weighted by atomic mass is 10.1. The molecule has 0 spiro atoms. The Morgan fingerprint density at radius 1 is 1.43 bits per heavy atom. The van der Waals surface area contributed by atoms with Crippen LogP contribution >= 0.6 is 51.1 Å². The van der Waals surface area contributed by atoms with Crippen LogP contribution in [-0.2, 0) is 16.6 Å². The van der Waals surface area contributed by atoms with Gasteiger partial charge >= 0.3 is 0 Å². The van der Waals surface area contributed by atoms with E-state index in [1.54, 1.807) is 24.3 Å². The average Bonchev–Trinajstić information content (AvgIpc) is 2.78. The number of rotatable bonds is 5. The number of nitrogens with one attached hydrogen (secondary N) is 1. The van der Waals surface area contributed by atoms with Gasteiger partial charge in [-0.3, -0.25) is 0 Å². The van der Waals surface area contributed by atoms with Gasteiger partial charge in [0.25, 0.3) is 0 Å². The van der Waals surface area contributed by atoms with Gasteiger partial charge in [0.05, 0.1) is 8.81 Å². The molecule has 1 aromatic carbocycles. The number of benzene rings is 1. The predicted octanol–water partition coefficient (Wildman–Crippen LogP) is 3.28. The van der Waals surface area contributed by atoms with E-state index in [1.807, 2.05) is 0 Å². The Balaban J connectivity index is 2.15. The summed E-state index contributed by atoms with van der Waals surface area (Å²) in [5, 5.41) is 0.371. The standard InChI is InChI=1S/C12H10BrClN2O2S3/c13-11-9(14)5-10(20-11)21(17,18)16-6-7-2-1-3-8(4-7)12(15)19/h1-5,16H,6H2,(H2,15,19). The van der Waals surface area contributed by atoms with Crippen molar-refractivity contribution in [1.82, 2.24) is 4.72 Å². The minimum absolute atomic E-state index is 0.145. The molecule has 4 nitrogen and oxygen atoms in total. The van der Waals surface area contributed by atoms with Crippen LogP contribution in [-0.4, -0.2) is 13.4 Å². The zero-order valence-electron chi connectivity index (χ0n) is 10.5. The Labute approximate surface area is 145 Å². The third-order valence-corrected chi connectivity index (χ3v) is 7.15. The smallest absolute Gasteiger partial charge is 0.250 e. The Morgan fingerprint density at radius 3 is 2.71 bits per heavy atom. The molecule has 0 amide bonds. The Hall–Kier alpha value is -0.510. The second-order valence-electron chi connectivity index (χ2n) is 4.08. The number of thiophene rings is 1. The lowest BCUT2D eigenvalue weighted by molar-refractivity contribution is 0.583. The van der Waals surface area contributed by atoms with Gasteiger partial charge in [0.2, 0.25) is 10.0 Å². The molecule has 1 aromatic heterocycles. The molecule has 2 aromatic rings. The van der Waals surface area contributed by atoms with Crippen molar-refractivity contribution < 1.29 is 8.42 Å². The van der Waals surface area contributed by atoms with Crippen LogP contribution in [0.5, 0.6) is 0 Å². The van der Waals surface area contributed by atoms with Crippen molar-refractivity contribution in [3.8, 4) is 0 Å². The average molecular weight is 426 g/mol. The molecule has 0 saturated carbocycles. The van der Waals surface area contributed by atoms with Crippen LogP contribution < -0.4 is 10.5 Å². The minimum atomic E-state index is -3.60. The lowest BCUT2D eigenvalue weighted by Gasteiger charge is -2.06. The van der Waals surface area contributed by atoms with Crippen molar-refractivity contribution in [3.63, 3.8) is 0 Å². The summed E-state index contributed by atoms with van der Waals surface area (Å²) in [5.74, 6) is 0. The Bertz CT molecular complexity index is 770.